The third kappa shape index (κ3) is 2.37. The van der Waals surface area contributed by atoms with Gasteiger partial charge in [0.1, 0.15) is 0 Å². The van der Waals surface area contributed by atoms with Gasteiger partial charge in [-0.25, -0.2) is 13.1 Å². The quantitative estimate of drug-likeness (QED) is 0.833. The van der Waals surface area contributed by atoms with E-state index in [1.54, 1.807) is 24.3 Å². The second-order valence-corrected chi connectivity index (χ2v) is 7.30. The van der Waals surface area contributed by atoms with Crippen LogP contribution in [0.2, 0.25) is 5.02 Å². The average molecular weight is 351 g/mol. The SMILES string of the molecule is CC1(C)NS(=O)(=O)C(c2ccc(Cl)cc2)=C1CBr. The van der Waals surface area contributed by atoms with Crippen LogP contribution in [0.3, 0.4) is 0 Å². The van der Waals surface area contributed by atoms with Crippen LogP contribution in [-0.4, -0.2) is 19.3 Å². The van der Waals surface area contributed by atoms with Crippen LogP contribution in [0.25, 0.3) is 4.91 Å². The number of sulfonamides is 1. The Morgan fingerprint density at radius 1 is 1.28 bits per heavy atom. The Morgan fingerprint density at radius 2 is 1.83 bits per heavy atom. The molecular formula is C12H13BrClNO2S. The molecule has 98 valence electrons. The van der Waals surface area contributed by atoms with Crippen molar-refractivity contribution < 1.29 is 8.42 Å². The van der Waals surface area contributed by atoms with Crippen LogP contribution >= 0.6 is 27.5 Å². The van der Waals surface area contributed by atoms with E-state index in [2.05, 4.69) is 20.7 Å². The number of halogens is 2. The van der Waals surface area contributed by atoms with Crippen molar-refractivity contribution in [2.45, 2.75) is 19.4 Å². The van der Waals surface area contributed by atoms with Gasteiger partial charge < -0.3 is 0 Å². The lowest BCUT2D eigenvalue weighted by atomic mass is 9.95. The molecule has 1 aromatic rings. The molecule has 0 saturated heterocycles. The summed E-state index contributed by atoms with van der Waals surface area (Å²) in [6.45, 7) is 3.70. The Bertz CT molecular complexity index is 605. The summed E-state index contributed by atoms with van der Waals surface area (Å²) in [7, 11) is -3.47. The zero-order valence-corrected chi connectivity index (χ0v) is 13.2. The molecular weight excluding hydrogens is 338 g/mol. The topological polar surface area (TPSA) is 46.2 Å². The summed E-state index contributed by atoms with van der Waals surface area (Å²) < 4.78 is 27.1. The predicted molar refractivity (Wildman–Crippen MR) is 78.3 cm³/mol. The second-order valence-electron chi connectivity index (χ2n) is 4.68. The van der Waals surface area contributed by atoms with Crippen molar-refractivity contribution in [1.82, 2.24) is 4.72 Å². The molecule has 0 amide bonds. The number of nitrogens with one attached hydrogen (secondary N) is 1. The van der Waals surface area contributed by atoms with Gasteiger partial charge in [-0.2, -0.15) is 0 Å². The van der Waals surface area contributed by atoms with Gasteiger partial charge in [0.25, 0.3) is 0 Å². The molecule has 1 heterocycles. The lowest BCUT2D eigenvalue weighted by Crippen LogP contribution is -2.38. The highest BCUT2D eigenvalue weighted by atomic mass is 79.9. The van der Waals surface area contributed by atoms with Gasteiger partial charge in [-0.15, -0.1) is 0 Å². The number of rotatable bonds is 2. The standard InChI is InChI=1S/C12H13BrClNO2S/c1-12(2)10(7-13)11(18(16,17)15-12)8-3-5-9(14)6-4-8/h3-6,15H,7H2,1-2H3. The molecule has 0 atom stereocenters. The fourth-order valence-corrected chi connectivity index (χ4v) is 5.34. The van der Waals surface area contributed by atoms with Crippen LogP contribution < -0.4 is 4.72 Å². The first-order chi connectivity index (χ1) is 8.28. The molecule has 0 aliphatic carbocycles. The molecule has 0 radical (unpaired) electrons. The lowest BCUT2D eigenvalue weighted by Gasteiger charge is -2.19. The van der Waals surface area contributed by atoms with Gasteiger partial charge in [0.2, 0.25) is 10.0 Å². The molecule has 0 aromatic heterocycles. The van der Waals surface area contributed by atoms with Gasteiger partial charge in [-0.1, -0.05) is 39.7 Å². The van der Waals surface area contributed by atoms with E-state index in [1.165, 1.54) is 0 Å². The summed E-state index contributed by atoms with van der Waals surface area (Å²) in [5, 5.41) is 1.09. The van der Waals surface area contributed by atoms with E-state index in [-0.39, 0.29) is 0 Å². The maximum Gasteiger partial charge on any atom is 0.242 e. The fourth-order valence-electron chi connectivity index (χ4n) is 2.05. The highest BCUT2D eigenvalue weighted by molar-refractivity contribution is 9.09. The predicted octanol–water partition coefficient (Wildman–Crippen LogP) is 3.16. The van der Waals surface area contributed by atoms with Crippen LogP contribution in [0.5, 0.6) is 0 Å². The molecule has 1 aliphatic rings. The molecule has 0 saturated carbocycles. The Kier molecular flexibility index (Phi) is 3.62. The third-order valence-electron chi connectivity index (χ3n) is 2.93. The summed E-state index contributed by atoms with van der Waals surface area (Å²) in [5.41, 5.74) is 0.911. The molecule has 0 bridgehead atoms. The van der Waals surface area contributed by atoms with Crippen molar-refractivity contribution in [3.05, 3.63) is 40.4 Å². The van der Waals surface area contributed by atoms with Gasteiger partial charge in [0, 0.05) is 10.4 Å². The van der Waals surface area contributed by atoms with E-state index in [0.717, 1.165) is 5.57 Å². The minimum atomic E-state index is -3.47. The first-order valence-corrected chi connectivity index (χ1v) is 8.36. The van der Waals surface area contributed by atoms with Gasteiger partial charge >= 0.3 is 0 Å². The Morgan fingerprint density at radius 3 is 2.33 bits per heavy atom. The first kappa shape index (κ1) is 14.1. The van der Waals surface area contributed by atoms with E-state index in [1.807, 2.05) is 13.8 Å². The van der Waals surface area contributed by atoms with E-state index in [4.69, 9.17) is 11.6 Å². The summed E-state index contributed by atoms with van der Waals surface area (Å²) in [6, 6.07) is 6.83. The maximum absolute atomic E-state index is 12.2. The minimum Gasteiger partial charge on any atom is -0.207 e. The number of hydrogen-bond acceptors (Lipinski definition) is 2. The zero-order chi connectivity index (χ0) is 13.6. The first-order valence-electron chi connectivity index (χ1n) is 5.37. The summed E-state index contributed by atoms with van der Waals surface area (Å²) >= 11 is 9.19. The fraction of sp³-hybridized carbons (Fsp3) is 0.333. The van der Waals surface area contributed by atoms with E-state index >= 15 is 0 Å². The molecule has 0 spiro atoms. The molecule has 18 heavy (non-hydrogen) atoms. The molecule has 3 nitrogen and oxygen atoms in total. The normalized spacial score (nSPS) is 21.3. The second kappa shape index (κ2) is 4.63. The van der Waals surface area contributed by atoms with Crippen LogP contribution in [0.15, 0.2) is 29.8 Å². The van der Waals surface area contributed by atoms with Crippen LogP contribution in [0.1, 0.15) is 19.4 Å². The number of benzene rings is 1. The van der Waals surface area contributed by atoms with Crippen molar-refractivity contribution in [2.75, 3.05) is 5.33 Å². The molecule has 1 N–H and O–H groups in total. The van der Waals surface area contributed by atoms with Crippen molar-refractivity contribution >= 4 is 42.5 Å². The average Bonchev–Trinajstić information content (AvgIpc) is 2.43. The lowest BCUT2D eigenvalue weighted by molar-refractivity contribution is 0.535. The Labute approximate surface area is 120 Å². The highest BCUT2D eigenvalue weighted by Crippen LogP contribution is 2.38. The number of hydrogen-bond donors (Lipinski definition) is 1. The molecule has 6 heteroatoms. The minimum absolute atomic E-state index is 0.348. The van der Waals surface area contributed by atoms with Gasteiger partial charge in [-0.3, -0.25) is 0 Å². The van der Waals surface area contributed by atoms with E-state index in [9.17, 15) is 8.42 Å². The molecule has 1 aromatic carbocycles. The van der Waals surface area contributed by atoms with Gasteiger partial charge in [0.15, 0.2) is 0 Å². The summed E-state index contributed by atoms with van der Waals surface area (Å²) in [4.78, 5) is 0.348. The maximum atomic E-state index is 12.2. The van der Waals surface area contributed by atoms with Crippen molar-refractivity contribution in [3.63, 3.8) is 0 Å². The Balaban J connectivity index is 2.68. The molecule has 0 unspecified atom stereocenters. The van der Waals surface area contributed by atoms with Crippen molar-refractivity contribution in [3.8, 4) is 0 Å². The molecule has 2 rings (SSSR count). The van der Waals surface area contributed by atoms with Gasteiger partial charge in [-0.05, 0) is 37.1 Å². The van der Waals surface area contributed by atoms with Crippen LogP contribution in [0, 0.1) is 0 Å². The monoisotopic (exact) mass is 349 g/mol. The largest absolute Gasteiger partial charge is 0.242 e. The zero-order valence-electron chi connectivity index (χ0n) is 10.00. The number of alkyl halides is 1. The van der Waals surface area contributed by atoms with Crippen molar-refractivity contribution in [1.29, 1.82) is 0 Å². The molecule has 0 fully saturated rings. The molecule has 1 aliphatic heterocycles. The smallest absolute Gasteiger partial charge is 0.207 e. The summed E-state index contributed by atoms with van der Waals surface area (Å²) in [6.07, 6.45) is 0. The van der Waals surface area contributed by atoms with Crippen LogP contribution in [0.4, 0.5) is 0 Å². The van der Waals surface area contributed by atoms with Crippen LogP contribution in [-0.2, 0) is 10.0 Å². The highest BCUT2D eigenvalue weighted by Gasteiger charge is 2.42. The van der Waals surface area contributed by atoms with Crippen molar-refractivity contribution in [2.24, 2.45) is 0 Å². The summed E-state index contributed by atoms with van der Waals surface area (Å²) in [5.74, 6) is 0. The van der Waals surface area contributed by atoms with E-state index in [0.29, 0.717) is 20.8 Å². The van der Waals surface area contributed by atoms with E-state index < -0.39 is 15.6 Å². The third-order valence-corrected chi connectivity index (χ3v) is 5.54. The Hall–Kier alpha value is -0.360. The van der Waals surface area contributed by atoms with Gasteiger partial charge in [0.05, 0.1) is 10.4 Å².